The van der Waals surface area contributed by atoms with Crippen LogP contribution >= 0.6 is 0 Å². The van der Waals surface area contributed by atoms with Gasteiger partial charge in [-0.15, -0.1) is 0 Å². The second-order valence-electron chi connectivity index (χ2n) is 7.59. The molecule has 1 unspecified atom stereocenters. The van der Waals surface area contributed by atoms with Crippen molar-refractivity contribution in [2.45, 2.75) is 58.3 Å². The first-order valence-corrected chi connectivity index (χ1v) is 9.88. The average molecular weight is 407 g/mol. The highest BCUT2D eigenvalue weighted by Gasteiger charge is 2.36. The molecule has 156 valence electrons. The number of alkyl halides is 3. The number of aromatic nitrogens is 6. The van der Waals surface area contributed by atoms with E-state index in [0.717, 1.165) is 67.1 Å². The van der Waals surface area contributed by atoms with Crippen molar-refractivity contribution in [1.29, 1.82) is 0 Å². The summed E-state index contributed by atoms with van der Waals surface area (Å²) in [6.45, 7) is 7.38. The molecule has 1 aliphatic rings. The van der Waals surface area contributed by atoms with E-state index < -0.39 is 11.9 Å². The van der Waals surface area contributed by atoms with Crippen LogP contribution < -0.4 is 0 Å². The van der Waals surface area contributed by atoms with E-state index in [4.69, 9.17) is 0 Å². The molecule has 10 heteroatoms. The monoisotopic (exact) mass is 407 g/mol. The molecule has 0 amide bonds. The van der Waals surface area contributed by atoms with Crippen molar-refractivity contribution in [3.63, 3.8) is 0 Å². The van der Waals surface area contributed by atoms with Gasteiger partial charge in [0.25, 0.3) is 5.78 Å². The van der Waals surface area contributed by atoms with E-state index in [2.05, 4.69) is 38.9 Å². The highest BCUT2D eigenvalue weighted by molar-refractivity contribution is 5.33. The fraction of sp³-hybridized carbons (Fsp3) is 0.579. The molecule has 1 aliphatic heterocycles. The first kappa shape index (κ1) is 19.8. The second-order valence-corrected chi connectivity index (χ2v) is 7.59. The van der Waals surface area contributed by atoms with Gasteiger partial charge in [0, 0.05) is 36.8 Å². The number of hydrogen-bond acceptors (Lipinski definition) is 5. The number of nitrogens with zero attached hydrogens (tertiary/aromatic N) is 7. The molecule has 0 spiro atoms. The Hall–Kier alpha value is -2.49. The molecule has 4 heterocycles. The van der Waals surface area contributed by atoms with Crippen molar-refractivity contribution in [2.24, 2.45) is 0 Å². The largest absolute Gasteiger partial charge is 0.433 e. The zero-order chi connectivity index (χ0) is 20.6. The summed E-state index contributed by atoms with van der Waals surface area (Å²) >= 11 is 0. The topological polar surface area (TPSA) is 64.1 Å². The molecule has 0 N–H and O–H groups in total. The Morgan fingerprint density at radius 3 is 2.83 bits per heavy atom. The minimum Gasteiger partial charge on any atom is -0.298 e. The molecule has 0 aromatic carbocycles. The van der Waals surface area contributed by atoms with Crippen LogP contribution in [0.1, 0.15) is 54.7 Å². The SMILES string of the molecule is CCCn1ncc(CN2CCCC(c3cc(C(F)(F)F)n4ncnc4n3)C2)c1C. The van der Waals surface area contributed by atoms with Gasteiger partial charge in [0.1, 0.15) is 6.33 Å². The van der Waals surface area contributed by atoms with E-state index in [-0.39, 0.29) is 11.7 Å². The number of likely N-dealkylation sites (tertiary alicyclic amines) is 1. The highest BCUT2D eigenvalue weighted by atomic mass is 19.4. The van der Waals surface area contributed by atoms with E-state index in [1.165, 1.54) is 0 Å². The van der Waals surface area contributed by atoms with Crippen molar-refractivity contribution in [2.75, 3.05) is 13.1 Å². The van der Waals surface area contributed by atoms with Gasteiger partial charge >= 0.3 is 6.18 Å². The molecule has 4 rings (SSSR count). The van der Waals surface area contributed by atoms with Gasteiger partial charge in [0.2, 0.25) is 0 Å². The van der Waals surface area contributed by atoms with Gasteiger partial charge < -0.3 is 0 Å². The fourth-order valence-electron chi connectivity index (χ4n) is 4.00. The Kier molecular flexibility index (Phi) is 5.28. The molecule has 0 bridgehead atoms. The van der Waals surface area contributed by atoms with Gasteiger partial charge in [-0.25, -0.2) is 4.98 Å². The number of aryl methyl sites for hydroxylation is 1. The predicted molar refractivity (Wildman–Crippen MR) is 100 cm³/mol. The lowest BCUT2D eigenvalue weighted by Gasteiger charge is -2.32. The summed E-state index contributed by atoms with van der Waals surface area (Å²) in [5.41, 5.74) is 1.91. The zero-order valence-corrected chi connectivity index (χ0v) is 16.5. The van der Waals surface area contributed by atoms with Crippen LogP contribution in [0.15, 0.2) is 18.6 Å². The van der Waals surface area contributed by atoms with Crippen LogP contribution in [-0.4, -0.2) is 47.4 Å². The van der Waals surface area contributed by atoms with Gasteiger partial charge in [-0.3, -0.25) is 9.58 Å². The third-order valence-electron chi connectivity index (χ3n) is 5.52. The number of rotatable bonds is 5. The van der Waals surface area contributed by atoms with Crippen LogP contribution in [0.4, 0.5) is 13.2 Å². The van der Waals surface area contributed by atoms with Gasteiger partial charge in [-0.2, -0.15) is 32.9 Å². The first-order valence-electron chi connectivity index (χ1n) is 9.88. The smallest absolute Gasteiger partial charge is 0.298 e. The van der Waals surface area contributed by atoms with E-state index in [0.29, 0.717) is 12.2 Å². The van der Waals surface area contributed by atoms with Crippen LogP contribution in [-0.2, 0) is 19.3 Å². The van der Waals surface area contributed by atoms with Crippen LogP contribution in [0.3, 0.4) is 0 Å². The predicted octanol–water partition coefficient (Wildman–Crippen LogP) is 3.44. The van der Waals surface area contributed by atoms with E-state index in [9.17, 15) is 13.2 Å². The summed E-state index contributed by atoms with van der Waals surface area (Å²) in [6.07, 6.45) is 1.23. The van der Waals surface area contributed by atoms with Crippen LogP contribution in [0.2, 0.25) is 0 Å². The minimum atomic E-state index is -4.51. The van der Waals surface area contributed by atoms with Crippen LogP contribution in [0.25, 0.3) is 5.78 Å². The lowest BCUT2D eigenvalue weighted by Crippen LogP contribution is -2.34. The van der Waals surface area contributed by atoms with Crippen molar-refractivity contribution in [1.82, 2.24) is 34.3 Å². The summed E-state index contributed by atoms with van der Waals surface area (Å²) in [7, 11) is 0. The molecular weight excluding hydrogens is 383 g/mol. The standard InChI is InChI=1S/C19H24F3N7/c1-3-6-28-13(2)15(9-24-28)11-27-7-4-5-14(10-27)16-8-17(19(20,21)22)29-18(26-16)23-12-25-29/h8-9,12,14H,3-7,10-11H2,1-2H3. The molecular formula is C19H24F3N7. The van der Waals surface area contributed by atoms with Crippen molar-refractivity contribution in [3.8, 4) is 0 Å². The molecule has 1 atom stereocenters. The number of piperidine rings is 1. The molecule has 7 nitrogen and oxygen atoms in total. The lowest BCUT2D eigenvalue weighted by atomic mass is 9.93. The Morgan fingerprint density at radius 2 is 2.07 bits per heavy atom. The molecule has 3 aromatic rings. The van der Waals surface area contributed by atoms with Gasteiger partial charge in [0.15, 0.2) is 5.69 Å². The van der Waals surface area contributed by atoms with E-state index in [1.807, 2.05) is 10.9 Å². The van der Waals surface area contributed by atoms with Gasteiger partial charge in [0.05, 0.1) is 11.9 Å². The Labute approximate surface area is 166 Å². The molecule has 29 heavy (non-hydrogen) atoms. The fourth-order valence-corrected chi connectivity index (χ4v) is 4.00. The zero-order valence-electron chi connectivity index (χ0n) is 16.5. The number of hydrogen-bond donors (Lipinski definition) is 0. The second kappa shape index (κ2) is 7.74. The van der Waals surface area contributed by atoms with Gasteiger partial charge in [-0.05, 0) is 38.8 Å². The summed E-state index contributed by atoms with van der Waals surface area (Å²) < 4.78 is 43.2. The maximum Gasteiger partial charge on any atom is 0.433 e. The van der Waals surface area contributed by atoms with Crippen LogP contribution in [0.5, 0.6) is 0 Å². The summed E-state index contributed by atoms with van der Waals surface area (Å²) in [4.78, 5) is 10.5. The Balaban J connectivity index is 1.56. The quantitative estimate of drug-likeness (QED) is 0.648. The molecule has 1 fully saturated rings. The molecule has 0 saturated carbocycles. The maximum absolute atomic E-state index is 13.5. The normalized spacial score (nSPS) is 18.6. The van der Waals surface area contributed by atoms with E-state index in [1.54, 1.807) is 0 Å². The van der Waals surface area contributed by atoms with Crippen molar-refractivity contribution in [3.05, 3.63) is 41.2 Å². The van der Waals surface area contributed by atoms with Crippen LogP contribution in [0, 0.1) is 6.92 Å². The lowest BCUT2D eigenvalue weighted by molar-refractivity contribution is -0.142. The highest BCUT2D eigenvalue weighted by Crippen LogP contribution is 2.33. The van der Waals surface area contributed by atoms with Crippen molar-refractivity contribution >= 4 is 5.78 Å². The molecule has 3 aromatic heterocycles. The molecule has 0 radical (unpaired) electrons. The summed E-state index contributed by atoms with van der Waals surface area (Å²) in [5, 5.41) is 8.12. The molecule has 0 aliphatic carbocycles. The third kappa shape index (κ3) is 3.98. The average Bonchev–Trinajstić information content (AvgIpc) is 3.29. The number of fused-ring (bicyclic) bond motifs is 1. The third-order valence-corrected chi connectivity index (χ3v) is 5.52. The van der Waals surface area contributed by atoms with E-state index >= 15 is 0 Å². The van der Waals surface area contributed by atoms with Crippen molar-refractivity contribution < 1.29 is 13.2 Å². The Bertz CT molecular complexity index is 992. The number of halogens is 3. The Morgan fingerprint density at radius 1 is 1.24 bits per heavy atom. The maximum atomic E-state index is 13.5. The minimum absolute atomic E-state index is 0.0105. The van der Waals surface area contributed by atoms with Gasteiger partial charge in [-0.1, -0.05) is 6.92 Å². The molecule has 1 saturated heterocycles. The summed E-state index contributed by atoms with van der Waals surface area (Å²) in [6, 6.07) is 1.13. The summed E-state index contributed by atoms with van der Waals surface area (Å²) in [5.74, 6) is -0.0822. The first-order chi connectivity index (χ1) is 13.9.